The Balaban J connectivity index is 1.82. The van der Waals surface area contributed by atoms with Gasteiger partial charge in [-0.05, 0) is 42.5 Å². The molecule has 2 amide bonds. The minimum Gasteiger partial charge on any atom is -0.452 e. The van der Waals surface area contributed by atoms with Crippen LogP contribution in [-0.2, 0) is 9.53 Å². The number of nitrogen functional groups attached to an aromatic ring is 1. The fraction of sp³-hybridized carbons (Fsp3) is 0.0625. The van der Waals surface area contributed by atoms with Crippen LogP contribution in [0.25, 0.3) is 0 Å². The molecule has 2 aromatic carbocycles. The third kappa shape index (κ3) is 5.37. The summed E-state index contributed by atoms with van der Waals surface area (Å²) >= 11 is 11.5. The normalized spacial score (nSPS) is 10.0. The standard InChI is InChI=1S/C16H13Cl2N3O4/c17-10-3-1-9(2-4-10)15(23)21-20-14(22)8-25-16(24)12-7-11(18)5-6-13(12)19/h1-7H,8,19H2,(H,20,22)(H,21,23). The number of nitrogens with two attached hydrogens (primary N) is 1. The molecule has 7 nitrogen and oxygen atoms in total. The monoisotopic (exact) mass is 381 g/mol. The summed E-state index contributed by atoms with van der Waals surface area (Å²) in [5, 5.41) is 0.786. The second-order valence-electron chi connectivity index (χ2n) is 4.82. The molecule has 0 saturated heterocycles. The molecule has 9 heteroatoms. The van der Waals surface area contributed by atoms with Gasteiger partial charge in [0.2, 0.25) is 0 Å². The highest BCUT2D eigenvalue weighted by atomic mass is 35.5. The number of carbonyl (C=O) groups excluding carboxylic acids is 3. The first kappa shape index (κ1) is 18.6. The molecule has 0 saturated carbocycles. The minimum atomic E-state index is -0.806. The van der Waals surface area contributed by atoms with E-state index in [1.165, 1.54) is 42.5 Å². The number of rotatable bonds is 4. The molecular weight excluding hydrogens is 369 g/mol. The lowest BCUT2D eigenvalue weighted by Crippen LogP contribution is -2.43. The molecule has 4 N–H and O–H groups in total. The van der Waals surface area contributed by atoms with Crippen molar-refractivity contribution in [2.45, 2.75) is 0 Å². The van der Waals surface area contributed by atoms with Crippen molar-refractivity contribution < 1.29 is 19.1 Å². The first-order valence-corrected chi connectivity index (χ1v) is 7.69. The highest BCUT2D eigenvalue weighted by molar-refractivity contribution is 6.31. The third-order valence-corrected chi connectivity index (χ3v) is 3.48. The van der Waals surface area contributed by atoms with Crippen molar-refractivity contribution in [3.63, 3.8) is 0 Å². The fourth-order valence-corrected chi connectivity index (χ4v) is 2.05. The number of hydrogen-bond acceptors (Lipinski definition) is 5. The minimum absolute atomic E-state index is 0.0468. The van der Waals surface area contributed by atoms with Crippen molar-refractivity contribution in [3.8, 4) is 0 Å². The van der Waals surface area contributed by atoms with Gasteiger partial charge in [-0.2, -0.15) is 0 Å². The number of hydrogen-bond donors (Lipinski definition) is 3. The fourth-order valence-electron chi connectivity index (χ4n) is 1.75. The van der Waals surface area contributed by atoms with Gasteiger partial charge >= 0.3 is 5.97 Å². The van der Waals surface area contributed by atoms with Crippen molar-refractivity contribution in [1.29, 1.82) is 0 Å². The summed E-state index contributed by atoms with van der Waals surface area (Å²) in [6.45, 7) is -0.605. The van der Waals surface area contributed by atoms with Crippen molar-refractivity contribution in [1.82, 2.24) is 10.9 Å². The van der Waals surface area contributed by atoms with Gasteiger partial charge in [0.15, 0.2) is 6.61 Å². The molecule has 0 aliphatic rings. The highest BCUT2D eigenvalue weighted by Crippen LogP contribution is 2.18. The Hall–Kier alpha value is -2.77. The highest BCUT2D eigenvalue weighted by Gasteiger charge is 2.14. The number of amides is 2. The topological polar surface area (TPSA) is 111 Å². The molecule has 0 radical (unpaired) electrons. The van der Waals surface area contributed by atoms with E-state index in [0.29, 0.717) is 15.6 Å². The predicted octanol–water partition coefficient (Wildman–Crippen LogP) is 2.19. The van der Waals surface area contributed by atoms with E-state index in [1.807, 2.05) is 0 Å². The Morgan fingerprint density at radius 1 is 0.960 bits per heavy atom. The van der Waals surface area contributed by atoms with Crippen LogP contribution in [0.2, 0.25) is 10.0 Å². The van der Waals surface area contributed by atoms with Crippen LogP contribution in [0.5, 0.6) is 0 Å². The van der Waals surface area contributed by atoms with Crippen LogP contribution in [0.3, 0.4) is 0 Å². The molecule has 130 valence electrons. The molecule has 0 fully saturated rings. The van der Waals surface area contributed by atoms with Crippen LogP contribution in [0, 0.1) is 0 Å². The number of hydrazine groups is 1. The van der Waals surface area contributed by atoms with Gasteiger partial charge in [-0.25, -0.2) is 4.79 Å². The van der Waals surface area contributed by atoms with E-state index in [0.717, 1.165) is 0 Å². The van der Waals surface area contributed by atoms with Crippen LogP contribution >= 0.6 is 23.2 Å². The summed E-state index contributed by atoms with van der Waals surface area (Å²) in [7, 11) is 0. The van der Waals surface area contributed by atoms with Crippen LogP contribution < -0.4 is 16.6 Å². The van der Waals surface area contributed by atoms with E-state index in [2.05, 4.69) is 10.9 Å². The summed E-state index contributed by atoms with van der Waals surface area (Å²) < 4.78 is 4.82. The van der Waals surface area contributed by atoms with Gasteiger partial charge in [0.25, 0.3) is 11.8 Å². The van der Waals surface area contributed by atoms with E-state index in [9.17, 15) is 14.4 Å². The zero-order chi connectivity index (χ0) is 18.4. The molecular formula is C16H13Cl2N3O4. The zero-order valence-electron chi connectivity index (χ0n) is 12.7. The molecule has 2 rings (SSSR count). The lowest BCUT2D eigenvalue weighted by atomic mass is 10.2. The van der Waals surface area contributed by atoms with Gasteiger partial charge in [-0.15, -0.1) is 0 Å². The lowest BCUT2D eigenvalue weighted by Gasteiger charge is -2.09. The Morgan fingerprint density at radius 2 is 1.60 bits per heavy atom. The number of anilines is 1. The first-order valence-electron chi connectivity index (χ1n) is 6.93. The van der Waals surface area contributed by atoms with Gasteiger partial charge in [0, 0.05) is 21.3 Å². The smallest absolute Gasteiger partial charge is 0.340 e. The molecule has 2 aromatic rings. The van der Waals surface area contributed by atoms with Gasteiger partial charge in [-0.3, -0.25) is 20.4 Å². The van der Waals surface area contributed by atoms with Crippen molar-refractivity contribution in [3.05, 3.63) is 63.6 Å². The second-order valence-corrected chi connectivity index (χ2v) is 5.69. The van der Waals surface area contributed by atoms with Crippen LogP contribution in [0.15, 0.2) is 42.5 Å². The van der Waals surface area contributed by atoms with E-state index in [-0.39, 0.29) is 11.3 Å². The van der Waals surface area contributed by atoms with E-state index in [4.69, 9.17) is 33.7 Å². The van der Waals surface area contributed by atoms with Gasteiger partial charge in [0.1, 0.15) is 0 Å². The van der Waals surface area contributed by atoms with Crippen LogP contribution in [-0.4, -0.2) is 24.4 Å². The van der Waals surface area contributed by atoms with Crippen LogP contribution in [0.1, 0.15) is 20.7 Å². The average molecular weight is 382 g/mol. The maximum absolute atomic E-state index is 11.9. The summed E-state index contributed by atoms with van der Waals surface area (Å²) in [6, 6.07) is 10.4. The quantitative estimate of drug-likeness (QED) is 0.427. The van der Waals surface area contributed by atoms with Crippen molar-refractivity contribution in [2.24, 2.45) is 0 Å². The summed E-state index contributed by atoms with van der Waals surface area (Å²) in [4.78, 5) is 35.3. The summed E-state index contributed by atoms with van der Waals surface area (Å²) in [5.41, 5.74) is 10.5. The Kier molecular flexibility index (Phi) is 6.21. The molecule has 0 aliphatic carbocycles. The Labute approximate surface area is 153 Å². The van der Waals surface area contributed by atoms with Crippen molar-refractivity contribution >= 4 is 46.7 Å². The molecule has 0 bridgehead atoms. The number of benzene rings is 2. The molecule has 25 heavy (non-hydrogen) atoms. The maximum atomic E-state index is 11.9. The zero-order valence-corrected chi connectivity index (χ0v) is 14.2. The van der Waals surface area contributed by atoms with E-state index in [1.54, 1.807) is 0 Å². The van der Waals surface area contributed by atoms with E-state index < -0.39 is 24.4 Å². The van der Waals surface area contributed by atoms with Gasteiger partial charge < -0.3 is 10.5 Å². The molecule has 0 aliphatic heterocycles. The largest absolute Gasteiger partial charge is 0.452 e. The van der Waals surface area contributed by atoms with E-state index >= 15 is 0 Å². The molecule has 0 heterocycles. The van der Waals surface area contributed by atoms with Gasteiger partial charge in [0.05, 0.1) is 5.56 Å². The molecule has 0 unspecified atom stereocenters. The third-order valence-electron chi connectivity index (χ3n) is 2.99. The molecule has 0 atom stereocenters. The maximum Gasteiger partial charge on any atom is 0.340 e. The van der Waals surface area contributed by atoms with Gasteiger partial charge in [-0.1, -0.05) is 23.2 Å². The average Bonchev–Trinajstić information content (AvgIpc) is 2.60. The Morgan fingerprint density at radius 3 is 2.28 bits per heavy atom. The molecule has 0 aromatic heterocycles. The number of ether oxygens (including phenoxy) is 1. The van der Waals surface area contributed by atoms with Crippen LogP contribution in [0.4, 0.5) is 5.69 Å². The van der Waals surface area contributed by atoms with Crippen molar-refractivity contribution in [2.75, 3.05) is 12.3 Å². The number of esters is 1. The second kappa shape index (κ2) is 8.36. The SMILES string of the molecule is Nc1ccc(Cl)cc1C(=O)OCC(=O)NNC(=O)c1ccc(Cl)cc1. The molecule has 0 spiro atoms. The number of nitrogens with one attached hydrogen (secondary N) is 2. The summed E-state index contributed by atoms with van der Waals surface area (Å²) in [5.74, 6) is -2.08. The number of halogens is 2. The number of carbonyl (C=O) groups is 3. The predicted molar refractivity (Wildman–Crippen MR) is 93.2 cm³/mol. The lowest BCUT2D eigenvalue weighted by molar-refractivity contribution is -0.125. The first-order chi connectivity index (χ1) is 11.9. The Bertz CT molecular complexity index is 810. The summed E-state index contributed by atoms with van der Waals surface area (Å²) in [6.07, 6.45) is 0.